The molecule has 1 nitrogen and oxygen atoms in total. The van der Waals surface area contributed by atoms with E-state index in [0.717, 1.165) is 0 Å². The van der Waals surface area contributed by atoms with Crippen LogP contribution in [0.2, 0.25) is 0 Å². The summed E-state index contributed by atoms with van der Waals surface area (Å²) >= 11 is 6.64. The third kappa shape index (κ3) is 2.88. The fraction of sp³-hybridized carbons (Fsp3) is 0.857. The molecule has 0 saturated heterocycles. The molecule has 0 heterocycles. The van der Waals surface area contributed by atoms with Crippen molar-refractivity contribution in [2.45, 2.75) is 26.0 Å². The van der Waals surface area contributed by atoms with Crippen molar-refractivity contribution in [2.75, 3.05) is 6.26 Å². The minimum Gasteiger partial charge on any atom is -0.392 e. The summed E-state index contributed by atoms with van der Waals surface area (Å²) in [5.41, 5.74) is 5.73. The van der Waals surface area contributed by atoms with Crippen LogP contribution in [0.15, 0.2) is 0 Å². The van der Waals surface area contributed by atoms with Crippen LogP contribution in [0.4, 0.5) is 0 Å². The lowest BCUT2D eigenvalue weighted by Gasteiger charge is -2.27. The van der Waals surface area contributed by atoms with Crippen molar-refractivity contribution in [1.82, 2.24) is 0 Å². The largest absolute Gasteiger partial charge is 0.392 e. The van der Waals surface area contributed by atoms with E-state index in [1.54, 1.807) is 11.8 Å². The summed E-state index contributed by atoms with van der Waals surface area (Å²) in [6.45, 7) is 6.44. The Morgan fingerprint density at radius 2 is 1.90 bits per heavy atom. The van der Waals surface area contributed by atoms with Gasteiger partial charge in [0.2, 0.25) is 0 Å². The number of nitrogens with two attached hydrogens (primary N) is 1. The Balaban J connectivity index is 4.22. The summed E-state index contributed by atoms with van der Waals surface area (Å²) in [6, 6.07) is 0. The van der Waals surface area contributed by atoms with Crippen LogP contribution in [-0.2, 0) is 0 Å². The number of thioether (sulfide) groups is 1. The van der Waals surface area contributed by atoms with Crippen molar-refractivity contribution < 1.29 is 0 Å². The third-order valence-corrected chi connectivity index (χ3v) is 3.10. The monoisotopic (exact) mass is 177 g/mol. The van der Waals surface area contributed by atoms with Gasteiger partial charge in [-0.05, 0) is 11.7 Å². The van der Waals surface area contributed by atoms with Gasteiger partial charge < -0.3 is 5.73 Å². The Morgan fingerprint density at radius 3 is 1.90 bits per heavy atom. The Hall–Kier alpha value is 0.240. The second kappa shape index (κ2) is 3.58. The molecule has 0 spiro atoms. The minimum atomic E-state index is 0.186. The van der Waals surface area contributed by atoms with Crippen LogP contribution in [0.25, 0.3) is 0 Å². The van der Waals surface area contributed by atoms with Crippen molar-refractivity contribution >= 4 is 29.0 Å². The lowest BCUT2D eigenvalue weighted by atomic mass is 9.92. The quantitative estimate of drug-likeness (QED) is 0.654. The molecule has 0 aliphatic carbocycles. The first-order valence-electron chi connectivity index (χ1n) is 3.21. The molecule has 0 aromatic carbocycles. The van der Waals surface area contributed by atoms with Crippen LogP contribution >= 0.6 is 24.0 Å². The molecule has 0 aromatic heterocycles. The molecule has 60 valence electrons. The van der Waals surface area contributed by atoms with Gasteiger partial charge in [0.05, 0.1) is 10.2 Å². The van der Waals surface area contributed by atoms with Crippen LogP contribution in [0.5, 0.6) is 0 Å². The van der Waals surface area contributed by atoms with Crippen molar-refractivity contribution in [3.8, 4) is 0 Å². The summed E-state index contributed by atoms with van der Waals surface area (Å²) in [6.07, 6.45) is 2.04. The van der Waals surface area contributed by atoms with E-state index >= 15 is 0 Å². The lowest BCUT2D eigenvalue weighted by molar-refractivity contribution is 0.446. The molecule has 0 aromatic rings. The SMILES string of the molecule is CSC(C(N)=S)C(C)(C)C. The maximum absolute atomic E-state index is 5.54. The van der Waals surface area contributed by atoms with E-state index in [4.69, 9.17) is 18.0 Å². The van der Waals surface area contributed by atoms with Crippen molar-refractivity contribution in [3.63, 3.8) is 0 Å². The van der Waals surface area contributed by atoms with Gasteiger partial charge in [-0.1, -0.05) is 33.0 Å². The second-order valence-electron chi connectivity index (χ2n) is 3.38. The summed E-state index contributed by atoms with van der Waals surface area (Å²) in [7, 11) is 0. The maximum atomic E-state index is 5.54. The Labute approximate surface area is 72.8 Å². The second-order valence-corrected chi connectivity index (χ2v) is 4.80. The molecule has 2 N–H and O–H groups in total. The van der Waals surface area contributed by atoms with Crippen molar-refractivity contribution in [3.05, 3.63) is 0 Å². The van der Waals surface area contributed by atoms with E-state index in [-0.39, 0.29) is 5.41 Å². The van der Waals surface area contributed by atoms with Gasteiger partial charge in [0.15, 0.2) is 0 Å². The summed E-state index contributed by atoms with van der Waals surface area (Å²) in [5, 5.41) is 0.294. The molecule has 1 unspecified atom stereocenters. The zero-order valence-electron chi connectivity index (χ0n) is 6.97. The fourth-order valence-corrected chi connectivity index (χ4v) is 2.48. The molecule has 0 radical (unpaired) electrons. The molecular weight excluding hydrogens is 162 g/mol. The van der Waals surface area contributed by atoms with Crippen LogP contribution in [0, 0.1) is 5.41 Å². The first kappa shape index (κ1) is 10.2. The molecule has 0 aliphatic heterocycles. The van der Waals surface area contributed by atoms with Crippen LogP contribution in [0.3, 0.4) is 0 Å². The lowest BCUT2D eigenvalue weighted by Crippen LogP contribution is -2.35. The highest BCUT2D eigenvalue weighted by atomic mass is 32.2. The van der Waals surface area contributed by atoms with E-state index in [1.807, 2.05) is 6.26 Å². The topological polar surface area (TPSA) is 26.0 Å². The van der Waals surface area contributed by atoms with Crippen LogP contribution in [0.1, 0.15) is 20.8 Å². The predicted octanol–water partition coefficient (Wildman–Crippen LogP) is 2.05. The van der Waals surface area contributed by atoms with Gasteiger partial charge in [0, 0.05) is 0 Å². The highest BCUT2D eigenvalue weighted by Crippen LogP contribution is 2.28. The zero-order chi connectivity index (χ0) is 8.36. The standard InChI is InChI=1S/C7H15NS2/c1-7(2,3)5(10-4)6(8)9/h5H,1-4H3,(H2,8,9). The van der Waals surface area contributed by atoms with Gasteiger partial charge in [-0.15, -0.1) is 0 Å². The fourth-order valence-electron chi connectivity index (χ4n) is 0.896. The maximum Gasteiger partial charge on any atom is 0.0864 e. The van der Waals surface area contributed by atoms with E-state index in [0.29, 0.717) is 10.2 Å². The average molecular weight is 177 g/mol. The van der Waals surface area contributed by atoms with E-state index in [9.17, 15) is 0 Å². The van der Waals surface area contributed by atoms with Gasteiger partial charge in [-0.25, -0.2) is 0 Å². The Bertz CT molecular complexity index is 126. The minimum absolute atomic E-state index is 0.186. The molecule has 0 saturated carbocycles. The first-order chi connectivity index (χ1) is 4.39. The van der Waals surface area contributed by atoms with Gasteiger partial charge in [0.1, 0.15) is 0 Å². The Morgan fingerprint density at radius 1 is 1.50 bits per heavy atom. The molecule has 0 fully saturated rings. The highest BCUT2D eigenvalue weighted by Gasteiger charge is 2.25. The molecule has 0 aliphatic rings. The summed E-state index contributed by atoms with van der Waals surface area (Å²) in [4.78, 5) is 0.611. The molecule has 1 atom stereocenters. The van der Waals surface area contributed by atoms with Crippen LogP contribution < -0.4 is 5.73 Å². The molecule has 3 heteroatoms. The van der Waals surface area contributed by atoms with Gasteiger partial charge in [0.25, 0.3) is 0 Å². The van der Waals surface area contributed by atoms with E-state index in [1.165, 1.54) is 0 Å². The predicted molar refractivity (Wildman–Crippen MR) is 53.5 cm³/mol. The summed E-state index contributed by atoms with van der Waals surface area (Å²) in [5.74, 6) is 0. The van der Waals surface area contributed by atoms with E-state index < -0.39 is 0 Å². The molecule has 10 heavy (non-hydrogen) atoms. The van der Waals surface area contributed by atoms with Crippen molar-refractivity contribution in [2.24, 2.45) is 11.1 Å². The number of thiocarbonyl (C=S) groups is 1. The van der Waals surface area contributed by atoms with Gasteiger partial charge in [-0.3, -0.25) is 0 Å². The zero-order valence-corrected chi connectivity index (χ0v) is 8.60. The molecular formula is C7H15NS2. The van der Waals surface area contributed by atoms with Crippen molar-refractivity contribution in [1.29, 1.82) is 0 Å². The number of hydrogen-bond donors (Lipinski definition) is 1. The van der Waals surface area contributed by atoms with Gasteiger partial charge in [-0.2, -0.15) is 11.8 Å². The normalized spacial score (nSPS) is 14.8. The van der Waals surface area contributed by atoms with Crippen LogP contribution in [-0.4, -0.2) is 16.5 Å². The number of hydrogen-bond acceptors (Lipinski definition) is 2. The average Bonchev–Trinajstić information content (AvgIpc) is 1.60. The smallest absolute Gasteiger partial charge is 0.0864 e. The third-order valence-electron chi connectivity index (χ3n) is 1.28. The van der Waals surface area contributed by atoms with Gasteiger partial charge >= 0.3 is 0 Å². The molecule has 0 amide bonds. The first-order valence-corrected chi connectivity index (χ1v) is 4.91. The highest BCUT2D eigenvalue weighted by molar-refractivity contribution is 8.01. The Kier molecular flexibility index (Phi) is 3.66. The summed E-state index contributed by atoms with van der Waals surface area (Å²) < 4.78 is 0. The number of rotatable bonds is 2. The molecule has 0 rings (SSSR count). The molecule has 0 bridgehead atoms. The van der Waals surface area contributed by atoms with E-state index in [2.05, 4.69) is 20.8 Å².